The quantitative estimate of drug-likeness (QED) is 0.208. The van der Waals surface area contributed by atoms with E-state index in [-0.39, 0.29) is 0 Å². The second kappa shape index (κ2) is 11.2. The molecule has 0 aliphatic carbocycles. The van der Waals surface area contributed by atoms with Crippen molar-refractivity contribution in [3.8, 4) is 22.8 Å². The zero-order valence-electron chi connectivity index (χ0n) is 20.4. The van der Waals surface area contributed by atoms with E-state index in [1.165, 1.54) is 11.3 Å². The standard InChI is InChI=1S/C28H28N4O3S2/c1-21-14-16-32(17-15-21)37(33,34)26-12-10-23(11-13-26)27-20-36-28(30-27)31-29-19-22-6-5-9-25(18-22)35-24-7-3-2-4-8-24/h2-13,18-21H,14-17H2,1H3,(H,30,31). The van der Waals surface area contributed by atoms with Gasteiger partial charge in [-0.2, -0.15) is 9.41 Å². The molecule has 190 valence electrons. The summed E-state index contributed by atoms with van der Waals surface area (Å²) in [6.07, 6.45) is 3.52. The number of para-hydroxylation sites is 1. The molecule has 0 spiro atoms. The molecule has 2 heterocycles. The number of anilines is 1. The zero-order valence-corrected chi connectivity index (χ0v) is 22.1. The van der Waals surface area contributed by atoms with Crippen LogP contribution in [-0.2, 0) is 10.0 Å². The predicted molar refractivity (Wildman–Crippen MR) is 149 cm³/mol. The molecule has 0 amide bonds. The van der Waals surface area contributed by atoms with Crippen LogP contribution >= 0.6 is 11.3 Å². The Morgan fingerprint density at radius 3 is 2.49 bits per heavy atom. The number of hydrogen-bond acceptors (Lipinski definition) is 7. The number of hydrazone groups is 1. The van der Waals surface area contributed by atoms with Crippen molar-refractivity contribution in [3.63, 3.8) is 0 Å². The third-order valence-electron chi connectivity index (χ3n) is 6.25. The molecular formula is C28H28N4O3S2. The van der Waals surface area contributed by atoms with Crippen LogP contribution in [0.1, 0.15) is 25.3 Å². The van der Waals surface area contributed by atoms with E-state index >= 15 is 0 Å². The molecule has 5 rings (SSSR count). The maximum atomic E-state index is 13.0. The normalized spacial score (nSPS) is 15.2. The van der Waals surface area contributed by atoms with E-state index in [2.05, 4.69) is 22.4 Å². The SMILES string of the molecule is CC1CCN(S(=O)(=O)c2ccc(-c3csc(NN=Cc4cccc(Oc5ccccc5)c4)n3)cc2)CC1. The van der Waals surface area contributed by atoms with Crippen LogP contribution < -0.4 is 10.2 Å². The number of rotatable bonds is 8. The second-order valence-corrected chi connectivity index (χ2v) is 11.8. The van der Waals surface area contributed by atoms with E-state index < -0.39 is 10.0 Å². The molecule has 1 saturated heterocycles. The summed E-state index contributed by atoms with van der Waals surface area (Å²) >= 11 is 1.43. The maximum absolute atomic E-state index is 13.0. The summed E-state index contributed by atoms with van der Waals surface area (Å²) in [5, 5.41) is 6.86. The molecule has 37 heavy (non-hydrogen) atoms. The molecule has 0 atom stereocenters. The fourth-order valence-electron chi connectivity index (χ4n) is 4.07. The summed E-state index contributed by atoms with van der Waals surface area (Å²) in [7, 11) is -3.46. The molecule has 7 nitrogen and oxygen atoms in total. The highest BCUT2D eigenvalue weighted by molar-refractivity contribution is 7.89. The van der Waals surface area contributed by atoms with Crippen molar-refractivity contribution in [2.45, 2.75) is 24.7 Å². The Balaban J connectivity index is 1.20. The van der Waals surface area contributed by atoms with Gasteiger partial charge >= 0.3 is 0 Å². The highest BCUT2D eigenvalue weighted by atomic mass is 32.2. The zero-order chi connectivity index (χ0) is 25.7. The number of benzene rings is 3. The number of ether oxygens (including phenoxy) is 1. The highest BCUT2D eigenvalue weighted by Crippen LogP contribution is 2.28. The van der Waals surface area contributed by atoms with E-state index in [1.807, 2.05) is 60.0 Å². The lowest BCUT2D eigenvalue weighted by molar-refractivity contribution is 0.288. The largest absolute Gasteiger partial charge is 0.457 e. The number of hydrogen-bond donors (Lipinski definition) is 1. The van der Waals surface area contributed by atoms with Crippen LogP contribution in [0, 0.1) is 5.92 Å². The summed E-state index contributed by atoms with van der Waals surface area (Å²) < 4.78 is 33.4. The number of nitrogens with zero attached hydrogens (tertiary/aromatic N) is 3. The summed E-state index contributed by atoms with van der Waals surface area (Å²) in [6, 6.07) is 24.2. The summed E-state index contributed by atoms with van der Waals surface area (Å²) in [5.74, 6) is 2.08. The molecule has 9 heteroatoms. The van der Waals surface area contributed by atoms with Crippen LogP contribution in [0.4, 0.5) is 5.13 Å². The second-order valence-electron chi connectivity index (χ2n) is 9.01. The van der Waals surface area contributed by atoms with Gasteiger partial charge in [-0.1, -0.05) is 49.4 Å². The van der Waals surface area contributed by atoms with Crippen molar-refractivity contribution < 1.29 is 13.2 Å². The molecule has 1 aromatic heterocycles. The fraction of sp³-hybridized carbons (Fsp3) is 0.214. The van der Waals surface area contributed by atoms with Gasteiger partial charge in [-0.25, -0.2) is 13.4 Å². The molecule has 0 bridgehead atoms. The average molecular weight is 533 g/mol. The molecule has 3 aromatic carbocycles. The Bertz CT molecular complexity index is 1460. The lowest BCUT2D eigenvalue weighted by atomic mass is 10.0. The first kappa shape index (κ1) is 25.1. The fourth-order valence-corrected chi connectivity index (χ4v) is 6.21. The summed E-state index contributed by atoms with van der Waals surface area (Å²) in [5.41, 5.74) is 5.47. The molecule has 0 radical (unpaired) electrons. The third-order valence-corrected chi connectivity index (χ3v) is 8.91. The molecule has 0 unspecified atom stereocenters. The minimum Gasteiger partial charge on any atom is -0.457 e. The van der Waals surface area contributed by atoms with Gasteiger partial charge < -0.3 is 4.74 Å². The number of nitrogens with one attached hydrogen (secondary N) is 1. The monoisotopic (exact) mass is 532 g/mol. The van der Waals surface area contributed by atoms with Crippen molar-refractivity contribution in [1.82, 2.24) is 9.29 Å². The molecule has 1 N–H and O–H groups in total. The Morgan fingerprint density at radius 2 is 1.73 bits per heavy atom. The Labute approximate surface area is 221 Å². The average Bonchev–Trinajstić information content (AvgIpc) is 3.39. The van der Waals surface area contributed by atoms with Gasteiger partial charge in [0.1, 0.15) is 11.5 Å². The van der Waals surface area contributed by atoms with Crippen molar-refractivity contribution in [1.29, 1.82) is 0 Å². The first-order valence-corrected chi connectivity index (χ1v) is 14.5. The molecule has 1 aliphatic rings. The van der Waals surface area contributed by atoms with Gasteiger partial charge in [0.05, 0.1) is 16.8 Å². The van der Waals surface area contributed by atoms with Gasteiger partial charge in [0.25, 0.3) is 0 Å². The van der Waals surface area contributed by atoms with E-state index in [0.717, 1.165) is 41.2 Å². The van der Waals surface area contributed by atoms with Crippen molar-refractivity contribution >= 4 is 32.7 Å². The van der Waals surface area contributed by atoms with Gasteiger partial charge in [-0.05, 0) is 60.7 Å². The molecule has 4 aromatic rings. The van der Waals surface area contributed by atoms with Gasteiger partial charge in [-0.3, -0.25) is 5.43 Å². The summed E-state index contributed by atoms with van der Waals surface area (Å²) in [4.78, 5) is 4.91. The summed E-state index contributed by atoms with van der Waals surface area (Å²) in [6.45, 7) is 3.33. The highest BCUT2D eigenvalue weighted by Gasteiger charge is 2.28. The van der Waals surface area contributed by atoms with Crippen LogP contribution in [0.3, 0.4) is 0 Å². The van der Waals surface area contributed by atoms with Crippen LogP contribution in [0.25, 0.3) is 11.3 Å². The van der Waals surface area contributed by atoms with Crippen molar-refractivity contribution in [2.24, 2.45) is 11.0 Å². The Hall–Kier alpha value is -3.53. The van der Waals surface area contributed by atoms with Gasteiger partial charge in [0, 0.05) is 24.0 Å². The maximum Gasteiger partial charge on any atom is 0.243 e. The molecule has 1 aliphatic heterocycles. The third kappa shape index (κ3) is 6.25. The Morgan fingerprint density at radius 1 is 1.00 bits per heavy atom. The lowest BCUT2D eigenvalue weighted by Gasteiger charge is -2.29. The minimum absolute atomic E-state index is 0.322. The van der Waals surface area contributed by atoms with Gasteiger partial charge in [-0.15, -0.1) is 11.3 Å². The first-order chi connectivity index (χ1) is 18.0. The van der Waals surface area contributed by atoms with Crippen molar-refractivity contribution in [3.05, 3.63) is 89.8 Å². The van der Waals surface area contributed by atoms with E-state index in [9.17, 15) is 8.42 Å². The van der Waals surface area contributed by atoms with Crippen LogP contribution in [0.5, 0.6) is 11.5 Å². The number of piperidine rings is 1. The number of sulfonamides is 1. The lowest BCUT2D eigenvalue weighted by Crippen LogP contribution is -2.37. The number of thiazole rings is 1. The van der Waals surface area contributed by atoms with Gasteiger partial charge in [0.2, 0.25) is 15.2 Å². The first-order valence-electron chi connectivity index (χ1n) is 12.2. The Kier molecular flexibility index (Phi) is 7.64. The minimum atomic E-state index is -3.46. The molecular weight excluding hydrogens is 504 g/mol. The topological polar surface area (TPSA) is 83.9 Å². The van der Waals surface area contributed by atoms with Crippen LogP contribution in [0.2, 0.25) is 0 Å². The smallest absolute Gasteiger partial charge is 0.243 e. The number of aromatic nitrogens is 1. The van der Waals surface area contributed by atoms with E-state index in [1.54, 1.807) is 34.8 Å². The van der Waals surface area contributed by atoms with Gasteiger partial charge in [0.15, 0.2) is 0 Å². The van der Waals surface area contributed by atoms with Crippen LogP contribution in [0.15, 0.2) is 94.2 Å². The molecule has 0 saturated carbocycles. The van der Waals surface area contributed by atoms with Crippen molar-refractivity contribution in [2.75, 3.05) is 18.5 Å². The molecule has 1 fully saturated rings. The predicted octanol–water partition coefficient (Wildman–Crippen LogP) is 6.47. The van der Waals surface area contributed by atoms with E-state index in [4.69, 9.17) is 4.74 Å². The van der Waals surface area contributed by atoms with E-state index in [0.29, 0.717) is 29.0 Å². The van der Waals surface area contributed by atoms with Crippen LogP contribution in [-0.4, -0.2) is 37.0 Å².